The summed E-state index contributed by atoms with van der Waals surface area (Å²) in [6, 6.07) is 28.5. The van der Waals surface area contributed by atoms with Crippen molar-refractivity contribution in [2.75, 3.05) is 5.32 Å². The predicted octanol–water partition coefficient (Wildman–Crippen LogP) is 7.66. The minimum Gasteiger partial charge on any atom is -0.508 e. The van der Waals surface area contributed by atoms with Crippen LogP contribution in [-0.4, -0.2) is 16.9 Å². The van der Waals surface area contributed by atoms with Gasteiger partial charge in [0.1, 0.15) is 17.5 Å². The summed E-state index contributed by atoms with van der Waals surface area (Å²) in [5.74, 6) is -1.08. The van der Waals surface area contributed by atoms with Crippen LogP contribution in [0.1, 0.15) is 17.4 Å². The third-order valence-electron chi connectivity index (χ3n) is 5.21. The monoisotopic (exact) mass is 623 g/mol. The molecule has 0 unspecified atom stereocenters. The van der Waals surface area contributed by atoms with Gasteiger partial charge in [-0.1, -0.05) is 57.9 Å². The Balaban J connectivity index is 1.48. The highest BCUT2D eigenvalue weighted by Crippen LogP contribution is 2.38. The van der Waals surface area contributed by atoms with Gasteiger partial charge in [0.05, 0.1) is 22.1 Å². The smallest absolute Gasteiger partial charge is 0.243 e. The highest BCUT2D eigenvalue weighted by atomic mass is 79.9. The number of halogens is 2. The average molecular weight is 625 g/mol. The van der Waals surface area contributed by atoms with Crippen molar-refractivity contribution in [3.05, 3.63) is 112 Å². The number of phenolic OH excluding ortho intramolecular Hbond substituents is 1. The quantitative estimate of drug-likeness (QED) is 0.0475. The largest absolute Gasteiger partial charge is 0.508 e. The number of nitrogens with one attached hydrogen (secondary N) is 3. The van der Waals surface area contributed by atoms with E-state index in [9.17, 15) is 14.7 Å². The van der Waals surface area contributed by atoms with E-state index in [0.29, 0.717) is 27.6 Å². The molecule has 1 atom stereocenters. The van der Waals surface area contributed by atoms with E-state index < -0.39 is 23.6 Å². The molecule has 0 aromatic heterocycles. The minimum absolute atomic E-state index is 0.00392. The van der Waals surface area contributed by atoms with E-state index in [4.69, 9.17) is 11.6 Å². The molecule has 198 valence electrons. The van der Waals surface area contributed by atoms with Gasteiger partial charge in [-0.2, -0.15) is 10.2 Å². The number of hydrogen-bond donors (Lipinski definition) is 4. The molecule has 0 saturated carbocycles. The topological polar surface area (TPSA) is 115 Å². The van der Waals surface area contributed by atoms with E-state index in [2.05, 4.69) is 42.3 Å². The number of hydrazine groups is 1. The Kier molecular flexibility index (Phi) is 10.1. The number of rotatable bonds is 10. The van der Waals surface area contributed by atoms with E-state index in [-0.39, 0.29) is 5.75 Å². The fourth-order valence-corrected chi connectivity index (χ4v) is 4.80. The number of azo groups is 1. The van der Waals surface area contributed by atoms with Crippen molar-refractivity contribution in [2.45, 2.75) is 16.7 Å². The molecule has 0 aliphatic heterocycles. The lowest BCUT2D eigenvalue weighted by Gasteiger charge is -2.20. The van der Waals surface area contributed by atoms with Crippen molar-refractivity contribution in [1.82, 2.24) is 10.9 Å². The summed E-state index contributed by atoms with van der Waals surface area (Å²) < 4.78 is 0.934. The van der Waals surface area contributed by atoms with Crippen LogP contribution in [0, 0.1) is 0 Å². The summed E-state index contributed by atoms with van der Waals surface area (Å²) in [6.45, 7) is 0. The first-order chi connectivity index (χ1) is 18.9. The molecule has 0 saturated heterocycles. The number of carbonyl (C=O) groups excluding carboxylic acids is 2. The maximum absolute atomic E-state index is 12.6. The molecule has 4 N–H and O–H groups in total. The highest BCUT2D eigenvalue weighted by molar-refractivity contribution is 9.10. The Bertz CT molecular complexity index is 1470. The van der Waals surface area contributed by atoms with Crippen LogP contribution in [0.15, 0.2) is 117 Å². The summed E-state index contributed by atoms with van der Waals surface area (Å²) in [7, 11) is 0. The zero-order valence-electron chi connectivity index (χ0n) is 20.3. The van der Waals surface area contributed by atoms with Gasteiger partial charge in [-0.05, 0) is 66.7 Å². The zero-order valence-corrected chi connectivity index (χ0v) is 23.5. The summed E-state index contributed by atoms with van der Waals surface area (Å²) in [5.41, 5.74) is 7.57. The Morgan fingerprint density at radius 1 is 0.872 bits per heavy atom. The van der Waals surface area contributed by atoms with Gasteiger partial charge in [0.2, 0.25) is 11.8 Å². The first-order valence-corrected chi connectivity index (χ1v) is 13.7. The molecule has 0 heterocycles. The van der Waals surface area contributed by atoms with Crippen LogP contribution in [0.25, 0.3) is 0 Å². The normalized spacial score (nSPS) is 11.7. The van der Waals surface area contributed by atoms with Crippen LogP contribution in [0.2, 0.25) is 5.02 Å². The summed E-state index contributed by atoms with van der Waals surface area (Å²) in [5, 5.41) is 21.6. The van der Waals surface area contributed by atoms with Crippen LogP contribution >= 0.6 is 39.3 Å². The number of nitrogens with zero attached hydrogens (tertiary/aromatic N) is 2. The van der Waals surface area contributed by atoms with E-state index in [1.54, 1.807) is 36.4 Å². The molecule has 0 aliphatic carbocycles. The fourth-order valence-electron chi connectivity index (χ4n) is 3.34. The number of aromatic hydroxyl groups is 1. The molecule has 0 fully saturated rings. The zero-order chi connectivity index (χ0) is 27.6. The van der Waals surface area contributed by atoms with Gasteiger partial charge < -0.3 is 10.4 Å². The number of carbonyl (C=O) groups is 2. The standard InChI is InChI=1S/C28H23BrClN5O3S/c29-18-10-12-19(13-11-18)32-33-20-14-15-25(36)22(16-20)28(39-21-6-2-1-3-7-21)35-34-27(38)17-26(37)31-24-9-5-4-8-23(24)30/h1-16,28,35-36H,17H2,(H,31,37)(H,34,38)/t28-/m0/s1. The summed E-state index contributed by atoms with van der Waals surface area (Å²) in [4.78, 5) is 25.8. The van der Waals surface area contributed by atoms with Gasteiger partial charge >= 0.3 is 0 Å². The first kappa shape index (κ1) is 28.3. The van der Waals surface area contributed by atoms with Crippen LogP contribution in [0.4, 0.5) is 17.1 Å². The second kappa shape index (κ2) is 13.9. The second-order valence-electron chi connectivity index (χ2n) is 8.13. The first-order valence-electron chi connectivity index (χ1n) is 11.7. The van der Waals surface area contributed by atoms with Crippen LogP contribution < -0.4 is 16.2 Å². The maximum Gasteiger partial charge on any atom is 0.243 e. The van der Waals surface area contributed by atoms with Crippen molar-refractivity contribution in [2.24, 2.45) is 10.2 Å². The molecule has 0 aliphatic rings. The van der Waals surface area contributed by atoms with E-state index in [0.717, 1.165) is 9.37 Å². The number of para-hydroxylation sites is 1. The number of anilines is 1. The molecule has 4 aromatic carbocycles. The molecule has 4 aromatic rings. The number of phenols is 1. The Hall–Kier alpha value is -3.70. The lowest BCUT2D eigenvalue weighted by atomic mass is 10.2. The predicted molar refractivity (Wildman–Crippen MR) is 157 cm³/mol. The highest BCUT2D eigenvalue weighted by Gasteiger charge is 2.20. The van der Waals surface area contributed by atoms with E-state index in [1.807, 2.05) is 54.6 Å². The molecule has 2 amide bonds. The maximum atomic E-state index is 12.6. The second-order valence-corrected chi connectivity index (χ2v) is 10.6. The Morgan fingerprint density at radius 2 is 1.54 bits per heavy atom. The molecular weight excluding hydrogens is 602 g/mol. The van der Waals surface area contributed by atoms with Gasteiger partial charge in [0.25, 0.3) is 0 Å². The number of thioether (sulfide) groups is 1. The van der Waals surface area contributed by atoms with Gasteiger partial charge in [0.15, 0.2) is 0 Å². The summed E-state index contributed by atoms with van der Waals surface area (Å²) in [6.07, 6.45) is -0.436. The van der Waals surface area contributed by atoms with Crippen molar-refractivity contribution in [1.29, 1.82) is 0 Å². The number of benzene rings is 4. The molecule has 0 bridgehead atoms. The Morgan fingerprint density at radius 3 is 2.28 bits per heavy atom. The minimum atomic E-state index is -0.620. The lowest BCUT2D eigenvalue weighted by molar-refractivity contribution is -0.127. The number of hydrogen-bond acceptors (Lipinski definition) is 7. The SMILES string of the molecule is O=C(CC(=O)Nc1ccccc1Cl)NN[C@@H](Sc1ccccc1)c1cc(N=Nc2ccc(Br)cc2)ccc1O. The molecule has 39 heavy (non-hydrogen) atoms. The van der Waals surface area contributed by atoms with Crippen molar-refractivity contribution in [3.63, 3.8) is 0 Å². The summed E-state index contributed by atoms with van der Waals surface area (Å²) >= 11 is 10.8. The van der Waals surface area contributed by atoms with Gasteiger partial charge in [-0.15, -0.1) is 11.8 Å². The molecule has 0 spiro atoms. The Labute approximate surface area is 243 Å². The third kappa shape index (κ3) is 8.66. The molecule has 8 nitrogen and oxygen atoms in total. The van der Waals surface area contributed by atoms with Crippen molar-refractivity contribution >= 4 is 68.2 Å². The van der Waals surface area contributed by atoms with E-state index in [1.165, 1.54) is 17.8 Å². The van der Waals surface area contributed by atoms with Gasteiger partial charge in [-0.25, -0.2) is 5.43 Å². The van der Waals surface area contributed by atoms with Gasteiger partial charge in [0, 0.05) is 14.9 Å². The van der Waals surface area contributed by atoms with Crippen LogP contribution in [0.5, 0.6) is 5.75 Å². The lowest BCUT2D eigenvalue weighted by Crippen LogP contribution is -2.40. The molecule has 0 radical (unpaired) electrons. The molecule has 11 heteroatoms. The molecular formula is C28H23BrClN5O3S. The van der Waals surface area contributed by atoms with Crippen LogP contribution in [0.3, 0.4) is 0 Å². The third-order valence-corrected chi connectivity index (χ3v) is 7.22. The molecule has 4 rings (SSSR count). The van der Waals surface area contributed by atoms with Crippen molar-refractivity contribution in [3.8, 4) is 5.75 Å². The average Bonchev–Trinajstić information content (AvgIpc) is 2.93. The van der Waals surface area contributed by atoms with Crippen LogP contribution in [-0.2, 0) is 9.59 Å². The number of amides is 2. The van der Waals surface area contributed by atoms with E-state index >= 15 is 0 Å². The van der Waals surface area contributed by atoms with Crippen molar-refractivity contribution < 1.29 is 14.7 Å². The van der Waals surface area contributed by atoms with Gasteiger partial charge in [-0.3, -0.25) is 15.0 Å². The fraction of sp³-hybridized carbons (Fsp3) is 0.0714.